The number of rotatable bonds is 8. The summed E-state index contributed by atoms with van der Waals surface area (Å²) in [7, 11) is 0. The highest BCUT2D eigenvalue weighted by Gasteiger charge is 2.23. The molecule has 1 aliphatic rings. The third kappa shape index (κ3) is 6.16. The molecule has 118 valence electrons. The van der Waals surface area contributed by atoms with Crippen LogP contribution in [0.3, 0.4) is 0 Å². The molecule has 2 atom stereocenters. The molecule has 2 unspecified atom stereocenters. The predicted molar refractivity (Wildman–Crippen MR) is 86.3 cm³/mol. The minimum absolute atomic E-state index is 0.138. The Balaban J connectivity index is 1.60. The maximum absolute atomic E-state index is 5.87. The van der Waals surface area contributed by atoms with Crippen LogP contribution in [0.15, 0.2) is 30.3 Å². The fourth-order valence-electron chi connectivity index (χ4n) is 2.67. The molecular formula is C18H29NO2. The second-order valence-corrected chi connectivity index (χ2v) is 6.91. The lowest BCUT2D eigenvalue weighted by molar-refractivity contribution is -0.0282. The minimum atomic E-state index is 0.138. The fourth-order valence-corrected chi connectivity index (χ4v) is 2.67. The van der Waals surface area contributed by atoms with Crippen molar-refractivity contribution >= 4 is 0 Å². The van der Waals surface area contributed by atoms with Crippen LogP contribution in [0.2, 0.25) is 0 Å². The molecule has 21 heavy (non-hydrogen) atoms. The average Bonchev–Trinajstić information content (AvgIpc) is 2.85. The number of hydrogen-bond donors (Lipinski definition) is 1. The van der Waals surface area contributed by atoms with Gasteiger partial charge in [0, 0.05) is 18.5 Å². The third-order valence-electron chi connectivity index (χ3n) is 3.89. The lowest BCUT2D eigenvalue weighted by Gasteiger charge is -2.25. The highest BCUT2D eigenvalue weighted by Crippen LogP contribution is 2.20. The first-order chi connectivity index (χ1) is 10.1. The smallest absolute Gasteiger partial charge is 0.0813 e. The Labute approximate surface area is 129 Å². The highest BCUT2D eigenvalue weighted by atomic mass is 16.5. The summed E-state index contributed by atoms with van der Waals surface area (Å²) < 4.78 is 11.6. The van der Waals surface area contributed by atoms with E-state index in [4.69, 9.17) is 9.47 Å². The normalized spacial score (nSPS) is 22.6. The molecule has 3 heteroatoms. The summed E-state index contributed by atoms with van der Waals surface area (Å²) in [4.78, 5) is 0. The second-order valence-electron chi connectivity index (χ2n) is 6.91. The molecule has 0 spiro atoms. The molecule has 3 nitrogen and oxygen atoms in total. The number of hydrogen-bond acceptors (Lipinski definition) is 3. The number of benzene rings is 1. The first kappa shape index (κ1) is 16.5. The van der Waals surface area contributed by atoms with Crippen LogP contribution in [-0.4, -0.2) is 32.0 Å². The van der Waals surface area contributed by atoms with Crippen LogP contribution >= 0.6 is 0 Å². The molecule has 0 aromatic heterocycles. The van der Waals surface area contributed by atoms with Gasteiger partial charge in [-0.2, -0.15) is 0 Å². The van der Waals surface area contributed by atoms with E-state index >= 15 is 0 Å². The Morgan fingerprint density at radius 3 is 2.67 bits per heavy atom. The molecule has 1 N–H and O–H groups in total. The second kappa shape index (κ2) is 7.92. The lowest BCUT2D eigenvalue weighted by atomic mass is 9.94. The Morgan fingerprint density at radius 1 is 1.24 bits per heavy atom. The molecule has 1 aliphatic heterocycles. The Bertz CT molecular complexity index is 405. The first-order valence-corrected chi connectivity index (χ1v) is 8.03. The first-order valence-electron chi connectivity index (χ1n) is 8.03. The standard InChI is InChI=1S/C18H29NO2/c1-15-9-10-17(21-15)12-20-14-18(2,3)13-19-11-16-7-5-4-6-8-16/h4-8,15,17,19H,9-14H2,1-3H3. The fraction of sp³-hybridized carbons (Fsp3) is 0.667. The van der Waals surface area contributed by atoms with Crippen molar-refractivity contribution in [3.8, 4) is 0 Å². The van der Waals surface area contributed by atoms with Gasteiger partial charge in [-0.1, -0.05) is 44.2 Å². The zero-order valence-corrected chi connectivity index (χ0v) is 13.6. The van der Waals surface area contributed by atoms with Crippen LogP contribution in [0, 0.1) is 5.41 Å². The van der Waals surface area contributed by atoms with E-state index in [9.17, 15) is 0 Å². The largest absolute Gasteiger partial charge is 0.378 e. The highest BCUT2D eigenvalue weighted by molar-refractivity contribution is 5.14. The maximum atomic E-state index is 5.87. The van der Waals surface area contributed by atoms with Gasteiger partial charge in [-0.3, -0.25) is 0 Å². The number of nitrogens with one attached hydrogen (secondary N) is 1. The van der Waals surface area contributed by atoms with Crippen molar-refractivity contribution in [1.29, 1.82) is 0 Å². The lowest BCUT2D eigenvalue weighted by Crippen LogP contribution is -2.34. The summed E-state index contributed by atoms with van der Waals surface area (Å²) in [5.74, 6) is 0. The van der Waals surface area contributed by atoms with Crippen molar-refractivity contribution in [3.05, 3.63) is 35.9 Å². The van der Waals surface area contributed by atoms with Crippen LogP contribution in [0.25, 0.3) is 0 Å². The van der Waals surface area contributed by atoms with Crippen molar-refractivity contribution in [1.82, 2.24) is 5.32 Å². The van der Waals surface area contributed by atoms with E-state index < -0.39 is 0 Å². The minimum Gasteiger partial charge on any atom is -0.378 e. The summed E-state index contributed by atoms with van der Waals surface area (Å²) in [5.41, 5.74) is 1.46. The molecule has 0 aliphatic carbocycles. The Morgan fingerprint density at radius 2 is 2.00 bits per heavy atom. The van der Waals surface area contributed by atoms with E-state index in [-0.39, 0.29) is 5.41 Å². The molecule has 0 bridgehead atoms. The van der Waals surface area contributed by atoms with Gasteiger partial charge >= 0.3 is 0 Å². The monoisotopic (exact) mass is 291 g/mol. The number of ether oxygens (including phenoxy) is 2. The average molecular weight is 291 g/mol. The van der Waals surface area contributed by atoms with Gasteiger partial charge < -0.3 is 14.8 Å². The molecule has 1 fully saturated rings. The summed E-state index contributed by atoms with van der Waals surface area (Å²) in [5, 5.41) is 3.52. The summed E-state index contributed by atoms with van der Waals surface area (Å²) >= 11 is 0. The topological polar surface area (TPSA) is 30.5 Å². The molecule has 1 saturated heterocycles. The zero-order chi connectivity index (χ0) is 15.1. The summed E-state index contributed by atoms with van der Waals surface area (Å²) in [6.45, 7) is 9.97. The molecule has 0 amide bonds. The third-order valence-corrected chi connectivity index (χ3v) is 3.89. The van der Waals surface area contributed by atoms with Crippen LogP contribution in [0.4, 0.5) is 0 Å². The van der Waals surface area contributed by atoms with Gasteiger partial charge in [0.25, 0.3) is 0 Å². The van der Waals surface area contributed by atoms with Crippen molar-refractivity contribution < 1.29 is 9.47 Å². The Kier molecular flexibility index (Phi) is 6.22. The quantitative estimate of drug-likeness (QED) is 0.796. The van der Waals surface area contributed by atoms with Gasteiger partial charge in [0.05, 0.1) is 25.4 Å². The predicted octanol–water partition coefficient (Wildman–Crippen LogP) is 3.39. The van der Waals surface area contributed by atoms with Crippen LogP contribution in [0.5, 0.6) is 0 Å². The van der Waals surface area contributed by atoms with Crippen molar-refractivity contribution in [2.24, 2.45) is 5.41 Å². The van der Waals surface area contributed by atoms with E-state index in [1.807, 2.05) is 6.07 Å². The maximum Gasteiger partial charge on any atom is 0.0813 e. The molecule has 0 radical (unpaired) electrons. The summed E-state index contributed by atoms with van der Waals surface area (Å²) in [6, 6.07) is 10.5. The van der Waals surface area contributed by atoms with Crippen LogP contribution < -0.4 is 5.32 Å². The molecule has 1 aromatic carbocycles. The van der Waals surface area contributed by atoms with Gasteiger partial charge in [-0.15, -0.1) is 0 Å². The molecule has 1 heterocycles. The van der Waals surface area contributed by atoms with Crippen molar-refractivity contribution in [2.45, 2.75) is 52.4 Å². The van der Waals surface area contributed by atoms with E-state index in [0.29, 0.717) is 12.2 Å². The summed E-state index contributed by atoms with van der Waals surface area (Å²) in [6.07, 6.45) is 3.00. The van der Waals surface area contributed by atoms with Crippen molar-refractivity contribution in [2.75, 3.05) is 19.8 Å². The van der Waals surface area contributed by atoms with Gasteiger partial charge in [0.2, 0.25) is 0 Å². The van der Waals surface area contributed by atoms with E-state index in [2.05, 4.69) is 50.4 Å². The molecular weight excluding hydrogens is 262 g/mol. The van der Waals surface area contributed by atoms with E-state index in [0.717, 1.165) is 39.1 Å². The van der Waals surface area contributed by atoms with E-state index in [1.165, 1.54) is 5.56 Å². The molecule has 2 rings (SSSR count). The molecule has 1 aromatic rings. The van der Waals surface area contributed by atoms with Crippen LogP contribution in [-0.2, 0) is 16.0 Å². The van der Waals surface area contributed by atoms with Crippen molar-refractivity contribution in [3.63, 3.8) is 0 Å². The van der Waals surface area contributed by atoms with Gasteiger partial charge in [0.15, 0.2) is 0 Å². The van der Waals surface area contributed by atoms with E-state index in [1.54, 1.807) is 0 Å². The van der Waals surface area contributed by atoms with Gasteiger partial charge in [-0.05, 0) is 25.3 Å². The van der Waals surface area contributed by atoms with Crippen LogP contribution in [0.1, 0.15) is 39.2 Å². The molecule has 0 saturated carbocycles. The van der Waals surface area contributed by atoms with Gasteiger partial charge in [0.1, 0.15) is 0 Å². The Hall–Kier alpha value is -0.900. The zero-order valence-electron chi connectivity index (χ0n) is 13.6. The SMILES string of the molecule is CC1CCC(COCC(C)(C)CNCc2ccccc2)O1. The van der Waals surface area contributed by atoms with Gasteiger partial charge in [-0.25, -0.2) is 0 Å².